The first-order chi connectivity index (χ1) is 9.60. The third-order valence-corrected chi connectivity index (χ3v) is 3.99. The first-order valence-electron chi connectivity index (χ1n) is 6.45. The summed E-state index contributed by atoms with van der Waals surface area (Å²) in [6.45, 7) is 2.52. The second-order valence-corrected chi connectivity index (χ2v) is 6.29. The molecule has 0 aromatic heterocycles. The van der Waals surface area contributed by atoms with E-state index in [0.717, 1.165) is 25.8 Å². The molecule has 106 valence electrons. The number of benzene rings is 2. The monoisotopic (exact) mass is 398 g/mol. The van der Waals surface area contributed by atoms with Crippen LogP contribution >= 0.6 is 31.9 Å². The van der Waals surface area contributed by atoms with Crippen molar-refractivity contribution >= 4 is 31.9 Å². The van der Waals surface area contributed by atoms with Crippen LogP contribution in [0.4, 0.5) is 0 Å². The Hall–Kier alpha value is -0.840. The van der Waals surface area contributed by atoms with Crippen LogP contribution in [0.15, 0.2) is 51.4 Å². The summed E-state index contributed by atoms with van der Waals surface area (Å²) in [5.74, 6) is 0.736. The summed E-state index contributed by atoms with van der Waals surface area (Å²) in [4.78, 5) is 0. The molecule has 2 rings (SSSR count). The van der Waals surface area contributed by atoms with E-state index in [1.165, 1.54) is 0 Å². The minimum atomic E-state index is -0.588. The summed E-state index contributed by atoms with van der Waals surface area (Å²) in [5, 5.41) is 10.5. The Labute approximate surface area is 136 Å². The van der Waals surface area contributed by atoms with Crippen LogP contribution in [0.1, 0.15) is 24.2 Å². The van der Waals surface area contributed by atoms with Crippen LogP contribution in [0, 0.1) is 0 Å². The van der Waals surface area contributed by atoms with Crippen LogP contribution in [0.3, 0.4) is 0 Å². The van der Waals surface area contributed by atoms with Gasteiger partial charge in [-0.15, -0.1) is 0 Å². The average Bonchev–Trinajstić information content (AvgIpc) is 2.43. The van der Waals surface area contributed by atoms with E-state index < -0.39 is 6.10 Å². The molecule has 0 fully saturated rings. The summed E-state index contributed by atoms with van der Waals surface area (Å²) in [7, 11) is 0. The van der Waals surface area contributed by atoms with Gasteiger partial charge in [0.15, 0.2) is 0 Å². The maximum Gasteiger partial charge on any atom is 0.125 e. The summed E-state index contributed by atoms with van der Waals surface area (Å²) in [6.07, 6.45) is -0.0284. The minimum Gasteiger partial charge on any atom is -0.493 e. The summed E-state index contributed by atoms with van der Waals surface area (Å²) in [5.41, 5.74) is 1.90. The van der Waals surface area contributed by atoms with Gasteiger partial charge < -0.3 is 9.84 Å². The van der Waals surface area contributed by atoms with Crippen molar-refractivity contribution in [3.63, 3.8) is 0 Å². The van der Waals surface area contributed by atoms with Crippen LogP contribution in [0.5, 0.6) is 5.75 Å². The molecule has 0 amide bonds. The highest BCUT2D eigenvalue weighted by atomic mass is 79.9. The molecule has 0 aliphatic heterocycles. The van der Waals surface area contributed by atoms with E-state index >= 15 is 0 Å². The van der Waals surface area contributed by atoms with E-state index in [1.807, 2.05) is 49.4 Å². The van der Waals surface area contributed by atoms with Crippen LogP contribution in [-0.2, 0) is 6.42 Å². The van der Waals surface area contributed by atoms with Gasteiger partial charge in [-0.25, -0.2) is 0 Å². The lowest BCUT2D eigenvalue weighted by atomic mass is 10.0. The van der Waals surface area contributed by atoms with E-state index in [1.54, 1.807) is 0 Å². The maximum atomic E-state index is 10.5. The molecule has 0 bridgehead atoms. The lowest BCUT2D eigenvalue weighted by molar-refractivity contribution is 0.172. The van der Waals surface area contributed by atoms with Gasteiger partial charge in [0.05, 0.1) is 12.7 Å². The first kappa shape index (κ1) is 15.5. The van der Waals surface area contributed by atoms with Crippen molar-refractivity contribution in [2.45, 2.75) is 19.4 Å². The predicted octanol–water partition coefficient (Wildman–Crippen LogP) is 4.89. The number of aliphatic hydroxyl groups is 1. The normalized spacial score (nSPS) is 12.2. The predicted molar refractivity (Wildman–Crippen MR) is 88.1 cm³/mol. The highest BCUT2D eigenvalue weighted by molar-refractivity contribution is 9.10. The Balaban J connectivity index is 2.21. The van der Waals surface area contributed by atoms with Crippen molar-refractivity contribution in [3.8, 4) is 5.75 Å². The Morgan fingerprint density at radius 3 is 2.35 bits per heavy atom. The third kappa shape index (κ3) is 4.08. The van der Waals surface area contributed by atoms with Crippen molar-refractivity contribution in [1.29, 1.82) is 0 Å². The molecule has 4 heteroatoms. The number of hydrogen-bond acceptors (Lipinski definition) is 2. The molecule has 0 saturated heterocycles. The lowest BCUT2D eigenvalue weighted by Gasteiger charge is -2.16. The van der Waals surface area contributed by atoms with Crippen LogP contribution < -0.4 is 4.74 Å². The van der Waals surface area contributed by atoms with Crippen LogP contribution in [0.2, 0.25) is 0 Å². The van der Waals surface area contributed by atoms with Gasteiger partial charge in [0, 0.05) is 20.9 Å². The number of halogens is 2. The Morgan fingerprint density at radius 2 is 1.70 bits per heavy atom. The summed E-state index contributed by atoms with van der Waals surface area (Å²) >= 11 is 6.85. The average molecular weight is 400 g/mol. The van der Waals surface area contributed by atoms with Crippen LogP contribution in [0.25, 0.3) is 0 Å². The molecule has 1 N–H and O–H groups in total. The fraction of sp³-hybridized carbons (Fsp3) is 0.250. The fourth-order valence-electron chi connectivity index (χ4n) is 2.02. The molecule has 1 atom stereocenters. The lowest BCUT2D eigenvalue weighted by Crippen LogP contribution is -2.05. The molecule has 2 aromatic rings. The van der Waals surface area contributed by atoms with Crippen molar-refractivity contribution < 1.29 is 9.84 Å². The molecular weight excluding hydrogens is 384 g/mol. The Bertz CT molecular complexity index is 567. The van der Waals surface area contributed by atoms with Crippen molar-refractivity contribution in [2.75, 3.05) is 6.61 Å². The van der Waals surface area contributed by atoms with Crippen molar-refractivity contribution in [1.82, 2.24) is 0 Å². The highest BCUT2D eigenvalue weighted by Crippen LogP contribution is 2.30. The molecule has 20 heavy (non-hydrogen) atoms. The molecule has 0 heterocycles. The minimum absolute atomic E-state index is 0.559. The molecule has 1 unspecified atom stereocenters. The number of hydrogen-bond donors (Lipinski definition) is 1. The quantitative estimate of drug-likeness (QED) is 0.775. The molecule has 2 aromatic carbocycles. The third-order valence-electron chi connectivity index (χ3n) is 2.97. The largest absolute Gasteiger partial charge is 0.493 e. The SMILES string of the molecule is CCOc1ccc(Br)cc1C(O)Cc1ccc(Br)cc1. The van der Waals surface area contributed by atoms with Crippen LogP contribution in [-0.4, -0.2) is 11.7 Å². The zero-order chi connectivity index (χ0) is 14.5. The Morgan fingerprint density at radius 1 is 1.05 bits per heavy atom. The van der Waals surface area contributed by atoms with E-state index in [9.17, 15) is 5.11 Å². The van der Waals surface area contributed by atoms with Crippen molar-refractivity contribution in [2.24, 2.45) is 0 Å². The summed E-state index contributed by atoms with van der Waals surface area (Å²) < 4.78 is 7.55. The molecule has 0 radical (unpaired) electrons. The standard InChI is InChI=1S/C16H16Br2O2/c1-2-20-16-8-7-13(18)10-14(16)15(19)9-11-3-5-12(17)6-4-11/h3-8,10,15,19H,2,9H2,1H3. The Kier molecular flexibility index (Phi) is 5.64. The van der Waals surface area contributed by atoms with Gasteiger partial charge in [0.1, 0.15) is 5.75 Å². The molecule has 0 saturated carbocycles. The molecule has 0 spiro atoms. The molecule has 0 aliphatic rings. The van der Waals surface area contributed by atoms with E-state index in [0.29, 0.717) is 13.0 Å². The maximum absolute atomic E-state index is 10.5. The van der Waals surface area contributed by atoms with Gasteiger partial charge >= 0.3 is 0 Å². The second-order valence-electron chi connectivity index (χ2n) is 4.46. The zero-order valence-electron chi connectivity index (χ0n) is 11.1. The van der Waals surface area contributed by atoms with Gasteiger partial charge in [-0.2, -0.15) is 0 Å². The number of ether oxygens (including phenoxy) is 1. The van der Waals surface area contributed by atoms with E-state index in [-0.39, 0.29) is 0 Å². The van der Waals surface area contributed by atoms with Gasteiger partial charge in [-0.1, -0.05) is 44.0 Å². The van der Waals surface area contributed by atoms with Gasteiger partial charge in [0.2, 0.25) is 0 Å². The molecule has 2 nitrogen and oxygen atoms in total. The van der Waals surface area contributed by atoms with E-state index in [2.05, 4.69) is 31.9 Å². The topological polar surface area (TPSA) is 29.5 Å². The second kappa shape index (κ2) is 7.25. The number of rotatable bonds is 5. The van der Waals surface area contributed by atoms with Gasteiger partial charge in [0.25, 0.3) is 0 Å². The highest BCUT2D eigenvalue weighted by Gasteiger charge is 2.14. The molecule has 0 aliphatic carbocycles. The molecular formula is C16H16Br2O2. The smallest absolute Gasteiger partial charge is 0.125 e. The van der Waals surface area contributed by atoms with Crippen molar-refractivity contribution in [3.05, 3.63) is 62.5 Å². The summed E-state index contributed by atoms with van der Waals surface area (Å²) in [6, 6.07) is 13.7. The first-order valence-corrected chi connectivity index (χ1v) is 8.03. The fourth-order valence-corrected chi connectivity index (χ4v) is 2.66. The van der Waals surface area contributed by atoms with Gasteiger partial charge in [-0.3, -0.25) is 0 Å². The van der Waals surface area contributed by atoms with Gasteiger partial charge in [-0.05, 0) is 42.8 Å². The van der Waals surface area contributed by atoms with E-state index in [4.69, 9.17) is 4.74 Å². The zero-order valence-corrected chi connectivity index (χ0v) is 14.3. The number of aliphatic hydroxyl groups excluding tert-OH is 1.